The van der Waals surface area contributed by atoms with Crippen molar-refractivity contribution in [3.63, 3.8) is 0 Å². The van der Waals surface area contributed by atoms with Crippen LogP contribution in [-0.2, 0) is 4.79 Å². The number of likely N-dealkylation sites (N-methyl/N-ethyl adjacent to an activating group) is 1. The number of alkyl halides is 2. The third kappa shape index (κ3) is 4.17. The molecule has 76 valence electrons. The second-order valence-corrected chi connectivity index (χ2v) is 3.32. The van der Waals surface area contributed by atoms with Gasteiger partial charge in [0, 0.05) is 13.1 Å². The van der Waals surface area contributed by atoms with Gasteiger partial charge in [0.1, 0.15) is 0 Å². The Morgan fingerprint density at radius 3 is 2.69 bits per heavy atom. The second kappa shape index (κ2) is 4.50. The number of nitrogens with one attached hydrogen (secondary N) is 1. The highest BCUT2D eigenvalue weighted by atomic mass is 19.3. The van der Waals surface area contributed by atoms with Crippen molar-refractivity contribution in [1.82, 2.24) is 10.2 Å². The fourth-order valence-electron chi connectivity index (χ4n) is 0.963. The molecule has 1 saturated carbocycles. The third-order valence-corrected chi connectivity index (χ3v) is 1.96. The van der Waals surface area contributed by atoms with Crippen LogP contribution in [-0.4, -0.2) is 43.4 Å². The van der Waals surface area contributed by atoms with Crippen molar-refractivity contribution < 1.29 is 13.6 Å². The normalized spacial score (nSPS) is 16.3. The molecule has 0 radical (unpaired) electrons. The van der Waals surface area contributed by atoms with Crippen LogP contribution in [0.5, 0.6) is 0 Å². The first-order chi connectivity index (χ1) is 6.09. The summed E-state index contributed by atoms with van der Waals surface area (Å²) in [5, 5.41) is 2.97. The van der Waals surface area contributed by atoms with Gasteiger partial charge < -0.3 is 10.2 Å². The maximum absolute atomic E-state index is 11.8. The zero-order chi connectivity index (χ0) is 9.84. The summed E-state index contributed by atoms with van der Waals surface area (Å²) in [7, 11) is 1.39. The van der Waals surface area contributed by atoms with E-state index in [0.717, 1.165) is 17.7 Å². The predicted molar refractivity (Wildman–Crippen MR) is 44.7 cm³/mol. The molecule has 0 aromatic heterocycles. The lowest BCUT2D eigenvalue weighted by Crippen LogP contribution is -2.38. The summed E-state index contributed by atoms with van der Waals surface area (Å²) in [5.41, 5.74) is 0. The van der Waals surface area contributed by atoms with Gasteiger partial charge >= 0.3 is 0 Å². The van der Waals surface area contributed by atoms with Crippen molar-refractivity contribution >= 4 is 5.91 Å². The fraction of sp³-hybridized carbons (Fsp3) is 0.875. The van der Waals surface area contributed by atoms with Gasteiger partial charge in [-0.05, 0) is 12.8 Å². The molecule has 1 N–H and O–H groups in total. The van der Waals surface area contributed by atoms with Crippen LogP contribution in [0.15, 0.2) is 0 Å². The molecule has 0 bridgehead atoms. The Morgan fingerprint density at radius 1 is 1.62 bits per heavy atom. The summed E-state index contributed by atoms with van der Waals surface area (Å²) in [6.45, 7) is -0.306. The number of halogens is 2. The monoisotopic (exact) mass is 192 g/mol. The lowest BCUT2D eigenvalue weighted by Gasteiger charge is -2.16. The number of rotatable bonds is 5. The first-order valence-corrected chi connectivity index (χ1v) is 4.35. The molecule has 1 amide bonds. The van der Waals surface area contributed by atoms with Gasteiger partial charge in [0.2, 0.25) is 5.91 Å². The largest absolute Gasteiger partial charge is 0.339 e. The highest BCUT2D eigenvalue weighted by molar-refractivity contribution is 5.78. The van der Waals surface area contributed by atoms with E-state index in [1.165, 1.54) is 7.05 Å². The van der Waals surface area contributed by atoms with Crippen molar-refractivity contribution in [1.29, 1.82) is 0 Å². The molecular weight excluding hydrogens is 178 g/mol. The highest BCUT2D eigenvalue weighted by Gasteiger charge is 2.22. The van der Waals surface area contributed by atoms with Crippen LogP contribution in [0.4, 0.5) is 8.78 Å². The molecule has 5 heteroatoms. The van der Waals surface area contributed by atoms with Crippen molar-refractivity contribution in [2.45, 2.75) is 25.3 Å². The number of carbonyl (C=O) groups is 1. The minimum atomic E-state index is -2.45. The zero-order valence-electron chi connectivity index (χ0n) is 7.59. The molecule has 3 nitrogen and oxygen atoms in total. The smallest absolute Gasteiger partial charge is 0.255 e. The lowest BCUT2D eigenvalue weighted by molar-refractivity contribution is -0.130. The van der Waals surface area contributed by atoms with Crippen LogP contribution in [0.3, 0.4) is 0 Å². The van der Waals surface area contributed by atoms with E-state index in [0.29, 0.717) is 6.04 Å². The standard InChI is InChI=1S/C8H14F2N2O/c1-12(5-7(9)10)8(13)4-11-6-2-3-6/h6-7,11H,2-5H2,1H3. The average Bonchev–Trinajstić information content (AvgIpc) is 2.81. The van der Waals surface area contributed by atoms with E-state index in [1.807, 2.05) is 0 Å². The molecular formula is C8H14F2N2O. The molecule has 1 aliphatic rings. The van der Waals surface area contributed by atoms with Crippen LogP contribution in [0, 0.1) is 0 Å². The van der Waals surface area contributed by atoms with Gasteiger partial charge in [0.15, 0.2) is 0 Å². The van der Waals surface area contributed by atoms with Crippen molar-refractivity contribution in [2.75, 3.05) is 20.1 Å². The summed E-state index contributed by atoms with van der Waals surface area (Å²) in [6.07, 6.45) is -0.271. The van der Waals surface area contributed by atoms with Crippen LogP contribution >= 0.6 is 0 Å². The molecule has 0 atom stereocenters. The first kappa shape index (κ1) is 10.4. The lowest BCUT2D eigenvalue weighted by atomic mass is 10.4. The topological polar surface area (TPSA) is 32.3 Å². The number of hydrogen-bond acceptors (Lipinski definition) is 2. The van der Waals surface area contributed by atoms with Crippen molar-refractivity contribution in [3.8, 4) is 0 Å². The van der Waals surface area contributed by atoms with E-state index in [1.54, 1.807) is 0 Å². The molecule has 1 rings (SSSR count). The molecule has 0 aliphatic heterocycles. The number of amides is 1. The molecule has 0 heterocycles. The maximum atomic E-state index is 11.8. The molecule has 0 aromatic carbocycles. The average molecular weight is 192 g/mol. The molecule has 1 fully saturated rings. The zero-order valence-corrected chi connectivity index (χ0v) is 7.59. The molecule has 0 saturated heterocycles. The Labute approximate surface area is 76.1 Å². The van der Waals surface area contributed by atoms with Crippen LogP contribution in [0.25, 0.3) is 0 Å². The summed E-state index contributed by atoms with van der Waals surface area (Å²) in [5.74, 6) is -0.271. The summed E-state index contributed by atoms with van der Waals surface area (Å²) < 4.78 is 23.7. The molecule has 0 spiro atoms. The SMILES string of the molecule is CN(CC(F)F)C(=O)CNC1CC1. The van der Waals surface area contributed by atoms with Crippen LogP contribution < -0.4 is 5.32 Å². The minimum absolute atomic E-state index is 0.174. The third-order valence-electron chi connectivity index (χ3n) is 1.96. The summed E-state index contributed by atoms with van der Waals surface area (Å²) in [6, 6.07) is 0.434. The van der Waals surface area contributed by atoms with Gasteiger partial charge in [-0.3, -0.25) is 4.79 Å². The van der Waals surface area contributed by atoms with Gasteiger partial charge in [-0.2, -0.15) is 0 Å². The van der Waals surface area contributed by atoms with Gasteiger partial charge in [-0.25, -0.2) is 8.78 Å². The second-order valence-electron chi connectivity index (χ2n) is 3.32. The van der Waals surface area contributed by atoms with Crippen LogP contribution in [0.2, 0.25) is 0 Å². The Morgan fingerprint density at radius 2 is 2.23 bits per heavy atom. The van der Waals surface area contributed by atoms with E-state index in [4.69, 9.17) is 0 Å². The Hall–Kier alpha value is -0.710. The Kier molecular flexibility index (Phi) is 3.59. The van der Waals surface area contributed by atoms with E-state index in [2.05, 4.69) is 5.32 Å². The molecule has 13 heavy (non-hydrogen) atoms. The highest BCUT2D eigenvalue weighted by Crippen LogP contribution is 2.18. The predicted octanol–water partition coefficient (Wildman–Crippen LogP) is 0.462. The Balaban J connectivity index is 2.12. The van der Waals surface area contributed by atoms with Gasteiger partial charge in [-0.1, -0.05) is 0 Å². The number of carbonyl (C=O) groups excluding carboxylic acids is 1. The molecule has 0 aromatic rings. The van der Waals surface area contributed by atoms with Gasteiger partial charge in [-0.15, -0.1) is 0 Å². The summed E-state index contributed by atoms with van der Waals surface area (Å²) in [4.78, 5) is 12.2. The van der Waals surface area contributed by atoms with Gasteiger partial charge in [0.05, 0.1) is 13.1 Å². The minimum Gasteiger partial charge on any atom is -0.339 e. The first-order valence-electron chi connectivity index (χ1n) is 4.35. The van der Waals surface area contributed by atoms with Crippen LogP contribution in [0.1, 0.15) is 12.8 Å². The number of hydrogen-bond donors (Lipinski definition) is 1. The van der Waals surface area contributed by atoms with E-state index in [9.17, 15) is 13.6 Å². The van der Waals surface area contributed by atoms with Gasteiger partial charge in [0.25, 0.3) is 6.43 Å². The van der Waals surface area contributed by atoms with Crippen molar-refractivity contribution in [3.05, 3.63) is 0 Å². The Bertz CT molecular complexity index is 183. The fourth-order valence-corrected chi connectivity index (χ4v) is 0.963. The number of nitrogens with zero attached hydrogens (tertiary/aromatic N) is 1. The molecule has 0 unspecified atom stereocenters. The maximum Gasteiger partial charge on any atom is 0.255 e. The van der Waals surface area contributed by atoms with Crippen molar-refractivity contribution in [2.24, 2.45) is 0 Å². The van der Waals surface area contributed by atoms with E-state index < -0.39 is 13.0 Å². The quantitative estimate of drug-likeness (QED) is 0.686. The van der Waals surface area contributed by atoms with E-state index >= 15 is 0 Å². The molecule has 1 aliphatic carbocycles. The summed E-state index contributed by atoms with van der Waals surface area (Å²) >= 11 is 0. The van der Waals surface area contributed by atoms with E-state index in [-0.39, 0.29) is 12.5 Å².